The predicted octanol–water partition coefficient (Wildman–Crippen LogP) is 9.10. The zero-order valence-electron chi connectivity index (χ0n) is 20.8. The van der Waals surface area contributed by atoms with E-state index in [0.29, 0.717) is 5.92 Å². The molecule has 6 aromatic rings. The molecule has 0 bridgehead atoms. The monoisotopic (exact) mass is 493 g/mol. The van der Waals surface area contributed by atoms with Crippen molar-refractivity contribution in [2.45, 2.75) is 22.0 Å². The summed E-state index contributed by atoms with van der Waals surface area (Å²) in [6.07, 6.45) is 1.16. The summed E-state index contributed by atoms with van der Waals surface area (Å²) in [4.78, 5) is 1.46. The normalized spacial score (nSPS) is 21.4. The summed E-state index contributed by atoms with van der Waals surface area (Å²) in [6.45, 7) is 0. The van der Waals surface area contributed by atoms with E-state index in [1.807, 2.05) is 0 Å². The first-order valence-corrected chi connectivity index (χ1v) is 14.5. The molecule has 37 heavy (non-hydrogen) atoms. The van der Waals surface area contributed by atoms with Crippen LogP contribution in [0.4, 0.5) is 0 Å². The van der Waals surface area contributed by atoms with E-state index in [1.165, 1.54) is 48.9 Å². The molecule has 7 rings (SSSR count). The van der Waals surface area contributed by atoms with Crippen molar-refractivity contribution in [3.05, 3.63) is 162 Å². The SMILES string of the molecule is c1ccc([S+]2CCC(c3cccc4ccccc34)C2(c2ccccc2)c2cccc3ccccc23)cc1. The second kappa shape index (κ2) is 9.25. The fraction of sp³-hybridized carbons (Fsp3) is 0.111. The van der Waals surface area contributed by atoms with E-state index in [0.717, 1.165) is 6.42 Å². The number of benzene rings is 6. The summed E-state index contributed by atoms with van der Waals surface area (Å²) in [5, 5.41) is 5.39. The molecule has 0 saturated carbocycles. The molecule has 1 heterocycles. The Hall–Kier alpha value is -3.81. The van der Waals surface area contributed by atoms with Gasteiger partial charge in [0, 0.05) is 34.4 Å². The third-order valence-corrected chi connectivity index (χ3v) is 11.1. The smallest absolute Gasteiger partial charge is 0.0622 e. The highest BCUT2D eigenvalue weighted by molar-refractivity contribution is 7.98. The first kappa shape index (κ1) is 22.4. The molecular formula is C36H29S+. The zero-order chi connectivity index (χ0) is 24.7. The molecule has 0 nitrogen and oxygen atoms in total. The summed E-state index contributed by atoms with van der Waals surface area (Å²) in [7, 11) is -0.0185. The summed E-state index contributed by atoms with van der Waals surface area (Å²) in [5.41, 5.74) is 4.36. The second-order valence-electron chi connectivity index (χ2n) is 9.95. The Morgan fingerprint density at radius 3 is 1.84 bits per heavy atom. The lowest BCUT2D eigenvalue weighted by Crippen LogP contribution is -2.38. The molecule has 3 unspecified atom stereocenters. The molecule has 0 N–H and O–H groups in total. The van der Waals surface area contributed by atoms with Crippen LogP contribution < -0.4 is 0 Å². The fourth-order valence-electron chi connectivity index (χ4n) is 6.64. The van der Waals surface area contributed by atoms with Crippen LogP contribution in [0.15, 0.2) is 150 Å². The van der Waals surface area contributed by atoms with Crippen molar-refractivity contribution in [1.82, 2.24) is 0 Å². The molecule has 0 aliphatic carbocycles. The third kappa shape index (κ3) is 3.53. The number of hydrogen-bond donors (Lipinski definition) is 0. The number of rotatable bonds is 4. The molecule has 0 spiro atoms. The highest BCUT2D eigenvalue weighted by Gasteiger charge is 2.62. The maximum Gasteiger partial charge on any atom is 0.191 e. The van der Waals surface area contributed by atoms with Gasteiger partial charge in [-0.1, -0.05) is 133 Å². The standard InChI is InChI=1S/C36H29S/c1-3-17-29(18-4-1)36(34-24-12-16-28-14-8-10-22-32(28)34)35(25-26-37(36)30-19-5-2-6-20-30)33-23-11-15-27-13-7-9-21-31(27)33/h1-24,35H,25-26H2/q+1. The van der Waals surface area contributed by atoms with E-state index in [4.69, 9.17) is 0 Å². The van der Waals surface area contributed by atoms with E-state index in [1.54, 1.807) is 0 Å². The van der Waals surface area contributed by atoms with Crippen LogP contribution >= 0.6 is 0 Å². The molecule has 178 valence electrons. The topological polar surface area (TPSA) is 0 Å². The van der Waals surface area contributed by atoms with Gasteiger partial charge in [-0.15, -0.1) is 0 Å². The van der Waals surface area contributed by atoms with Crippen LogP contribution in [0.3, 0.4) is 0 Å². The van der Waals surface area contributed by atoms with Gasteiger partial charge in [0.2, 0.25) is 0 Å². The predicted molar refractivity (Wildman–Crippen MR) is 159 cm³/mol. The Morgan fingerprint density at radius 1 is 0.514 bits per heavy atom. The Morgan fingerprint density at radius 2 is 1.08 bits per heavy atom. The molecule has 6 aromatic carbocycles. The second-order valence-corrected chi connectivity index (χ2v) is 12.3. The lowest BCUT2D eigenvalue weighted by Gasteiger charge is -2.36. The van der Waals surface area contributed by atoms with Gasteiger partial charge in [-0.2, -0.15) is 0 Å². The summed E-state index contributed by atoms with van der Waals surface area (Å²) in [6, 6.07) is 54.4. The zero-order valence-corrected chi connectivity index (χ0v) is 21.6. The largest absolute Gasteiger partial charge is 0.191 e. The van der Waals surface area contributed by atoms with Gasteiger partial charge in [0.25, 0.3) is 0 Å². The molecule has 1 aliphatic heterocycles. The lowest BCUT2D eigenvalue weighted by molar-refractivity contribution is 0.580. The van der Waals surface area contributed by atoms with Crippen molar-refractivity contribution >= 4 is 32.4 Å². The number of hydrogen-bond acceptors (Lipinski definition) is 0. The van der Waals surface area contributed by atoms with Crippen LogP contribution in [0.5, 0.6) is 0 Å². The van der Waals surface area contributed by atoms with E-state index < -0.39 is 0 Å². The minimum atomic E-state index is -0.173. The van der Waals surface area contributed by atoms with Gasteiger partial charge in [-0.3, -0.25) is 0 Å². The average Bonchev–Trinajstić information content (AvgIpc) is 3.38. The van der Waals surface area contributed by atoms with E-state index in [-0.39, 0.29) is 15.6 Å². The van der Waals surface area contributed by atoms with Gasteiger partial charge in [0.1, 0.15) is 5.75 Å². The van der Waals surface area contributed by atoms with Crippen molar-refractivity contribution in [2.24, 2.45) is 0 Å². The Bertz CT molecular complexity index is 1680. The van der Waals surface area contributed by atoms with Crippen LogP contribution in [0.1, 0.15) is 29.0 Å². The van der Waals surface area contributed by atoms with Crippen molar-refractivity contribution in [3.63, 3.8) is 0 Å². The van der Waals surface area contributed by atoms with Gasteiger partial charge in [0.15, 0.2) is 9.64 Å². The molecule has 1 saturated heterocycles. The van der Waals surface area contributed by atoms with Gasteiger partial charge >= 0.3 is 0 Å². The first-order chi connectivity index (χ1) is 18.4. The molecule has 1 fully saturated rings. The van der Waals surface area contributed by atoms with Gasteiger partial charge in [-0.05, 0) is 39.2 Å². The average molecular weight is 494 g/mol. The Labute approximate surface area is 222 Å². The summed E-state index contributed by atoms with van der Waals surface area (Å²) < 4.78 is -0.173. The maximum atomic E-state index is 2.42. The van der Waals surface area contributed by atoms with Crippen molar-refractivity contribution in [3.8, 4) is 0 Å². The van der Waals surface area contributed by atoms with Gasteiger partial charge < -0.3 is 0 Å². The molecular weight excluding hydrogens is 464 g/mol. The van der Waals surface area contributed by atoms with Gasteiger partial charge in [0.05, 0.1) is 0 Å². The quantitative estimate of drug-likeness (QED) is 0.215. The molecule has 1 aliphatic rings. The van der Waals surface area contributed by atoms with Crippen LogP contribution in [0.2, 0.25) is 0 Å². The molecule has 1 heteroatoms. The van der Waals surface area contributed by atoms with Crippen LogP contribution in [0.25, 0.3) is 21.5 Å². The number of fused-ring (bicyclic) bond motifs is 2. The Kier molecular flexibility index (Phi) is 5.60. The minimum Gasteiger partial charge on any atom is -0.0622 e. The lowest BCUT2D eigenvalue weighted by atomic mass is 9.73. The Balaban J connectivity index is 1.62. The molecule has 0 amide bonds. The maximum absolute atomic E-state index is 2.42. The third-order valence-electron chi connectivity index (χ3n) is 8.11. The first-order valence-electron chi connectivity index (χ1n) is 13.1. The van der Waals surface area contributed by atoms with Crippen molar-refractivity contribution in [1.29, 1.82) is 0 Å². The van der Waals surface area contributed by atoms with Crippen LogP contribution in [-0.2, 0) is 15.6 Å². The summed E-state index contributed by atoms with van der Waals surface area (Å²) >= 11 is 0. The highest BCUT2D eigenvalue weighted by Crippen LogP contribution is 2.60. The minimum absolute atomic E-state index is 0.0185. The highest BCUT2D eigenvalue weighted by atomic mass is 32.2. The molecule has 0 radical (unpaired) electrons. The van der Waals surface area contributed by atoms with E-state index >= 15 is 0 Å². The summed E-state index contributed by atoms with van der Waals surface area (Å²) in [5.74, 6) is 1.53. The van der Waals surface area contributed by atoms with E-state index in [2.05, 4.69) is 146 Å². The molecule has 0 aromatic heterocycles. The van der Waals surface area contributed by atoms with Crippen molar-refractivity contribution < 1.29 is 0 Å². The molecule has 3 atom stereocenters. The van der Waals surface area contributed by atoms with Crippen LogP contribution in [0, 0.1) is 0 Å². The van der Waals surface area contributed by atoms with Gasteiger partial charge in [-0.25, -0.2) is 0 Å². The van der Waals surface area contributed by atoms with E-state index in [9.17, 15) is 0 Å². The van der Waals surface area contributed by atoms with Crippen LogP contribution in [-0.4, -0.2) is 5.75 Å². The fourth-order valence-corrected chi connectivity index (χ4v) is 9.98. The van der Waals surface area contributed by atoms with Crippen molar-refractivity contribution in [2.75, 3.05) is 5.75 Å².